The van der Waals surface area contributed by atoms with Crippen LogP contribution in [0.4, 0.5) is 0 Å². The zero-order valence-corrected chi connectivity index (χ0v) is 11.3. The maximum atomic E-state index is 5.76. The van der Waals surface area contributed by atoms with E-state index < -0.39 is 0 Å². The predicted molar refractivity (Wildman–Crippen MR) is 74.9 cm³/mol. The van der Waals surface area contributed by atoms with Crippen molar-refractivity contribution >= 4 is 11.6 Å². The minimum absolute atomic E-state index is 0.529. The van der Waals surface area contributed by atoms with E-state index in [4.69, 9.17) is 11.6 Å². The van der Waals surface area contributed by atoms with Gasteiger partial charge in [-0.25, -0.2) is 0 Å². The summed E-state index contributed by atoms with van der Waals surface area (Å²) in [6.07, 6.45) is 4.95. The Morgan fingerprint density at radius 3 is 3.06 bits per heavy atom. The van der Waals surface area contributed by atoms with Gasteiger partial charge in [-0.15, -0.1) is 11.6 Å². The third-order valence-corrected chi connectivity index (χ3v) is 3.97. The van der Waals surface area contributed by atoms with Crippen LogP contribution in [0.2, 0.25) is 0 Å². The van der Waals surface area contributed by atoms with Gasteiger partial charge in [-0.2, -0.15) is 0 Å². The quantitative estimate of drug-likeness (QED) is 0.787. The molecule has 1 aliphatic rings. The summed E-state index contributed by atoms with van der Waals surface area (Å²) in [5.74, 6) is 1.44. The van der Waals surface area contributed by atoms with Crippen LogP contribution < -0.4 is 5.32 Å². The van der Waals surface area contributed by atoms with Crippen molar-refractivity contribution in [3.63, 3.8) is 0 Å². The van der Waals surface area contributed by atoms with Crippen molar-refractivity contribution in [2.24, 2.45) is 0 Å². The third kappa shape index (κ3) is 3.46. The summed E-state index contributed by atoms with van der Waals surface area (Å²) in [5.41, 5.74) is 3.11. The van der Waals surface area contributed by atoms with Crippen LogP contribution >= 0.6 is 11.6 Å². The van der Waals surface area contributed by atoms with Crippen LogP contribution in [0.15, 0.2) is 24.3 Å². The lowest BCUT2D eigenvalue weighted by Gasteiger charge is -2.27. The van der Waals surface area contributed by atoms with Gasteiger partial charge < -0.3 is 5.32 Å². The molecule has 0 saturated heterocycles. The highest BCUT2D eigenvalue weighted by molar-refractivity contribution is 6.17. The number of hydrogen-bond donors (Lipinski definition) is 1. The van der Waals surface area contributed by atoms with Gasteiger partial charge in [-0.05, 0) is 49.7 Å². The molecule has 0 bridgehead atoms. The molecule has 0 aromatic heterocycles. The maximum Gasteiger partial charge on any atom is 0.0238 e. The predicted octanol–water partition coefficient (Wildman–Crippen LogP) is 3.71. The second-order valence-corrected chi connectivity index (χ2v) is 5.45. The number of hydrogen-bond acceptors (Lipinski definition) is 1. The van der Waals surface area contributed by atoms with E-state index in [-0.39, 0.29) is 0 Å². The van der Waals surface area contributed by atoms with Crippen molar-refractivity contribution in [3.8, 4) is 0 Å². The van der Waals surface area contributed by atoms with Gasteiger partial charge in [0.25, 0.3) is 0 Å². The van der Waals surface area contributed by atoms with Crippen molar-refractivity contribution in [2.75, 3.05) is 12.4 Å². The Balaban J connectivity index is 1.94. The van der Waals surface area contributed by atoms with E-state index in [1.54, 1.807) is 11.1 Å². The first-order chi connectivity index (χ1) is 8.31. The van der Waals surface area contributed by atoms with Crippen LogP contribution in [0.1, 0.15) is 43.2 Å². The summed E-state index contributed by atoms with van der Waals surface area (Å²) >= 11 is 5.76. The Labute approximate surface area is 110 Å². The van der Waals surface area contributed by atoms with Gasteiger partial charge in [0.05, 0.1) is 0 Å². The molecule has 0 fully saturated rings. The fraction of sp³-hybridized carbons (Fsp3) is 0.600. The normalized spacial score (nSPS) is 20.9. The molecule has 1 nitrogen and oxygen atoms in total. The summed E-state index contributed by atoms with van der Waals surface area (Å²) in [6.45, 7) is 3.31. The van der Waals surface area contributed by atoms with Crippen molar-refractivity contribution in [2.45, 2.75) is 44.6 Å². The third-order valence-electron chi connectivity index (χ3n) is 3.75. The van der Waals surface area contributed by atoms with Crippen molar-refractivity contribution < 1.29 is 0 Å². The van der Waals surface area contributed by atoms with E-state index >= 15 is 0 Å². The van der Waals surface area contributed by atoms with Crippen molar-refractivity contribution in [1.82, 2.24) is 5.32 Å². The van der Waals surface area contributed by atoms with Gasteiger partial charge in [0, 0.05) is 18.5 Å². The van der Waals surface area contributed by atoms with Crippen LogP contribution in [0.3, 0.4) is 0 Å². The summed E-state index contributed by atoms with van der Waals surface area (Å²) in [4.78, 5) is 0. The van der Waals surface area contributed by atoms with Gasteiger partial charge in [0.15, 0.2) is 0 Å². The lowest BCUT2D eigenvalue weighted by molar-refractivity contribution is 0.460. The van der Waals surface area contributed by atoms with E-state index in [0.29, 0.717) is 12.0 Å². The molecule has 0 heterocycles. The second-order valence-electron chi connectivity index (χ2n) is 5.07. The molecule has 1 aromatic carbocycles. The van der Waals surface area contributed by atoms with Gasteiger partial charge in [0.1, 0.15) is 0 Å². The highest BCUT2D eigenvalue weighted by atomic mass is 35.5. The number of aryl methyl sites for hydroxylation is 1. The SMILES string of the molecule is CC(CCCl)NCC1CCCc2ccccc21. The molecular formula is C15H22ClN. The Kier molecular flexibility index (Phi) is 4.87. The Bertz CT molecular complexity index is 351. The number of rotatable bonds is 5. The standard InChI is InChI=1S/C15H22ClN/c1-12(9-10-16)17-11-14-7-4-6-13-5-2-3-8-15(13)14/h2-3,5,8,12,14,17H,4,6-7,9-11H2,1H3. The van der Waals surface area contributed by atoms with Crippen LogP contribution in [-0.4, -0.2) is 18.5 Å². The molecule has 0 amide bonds. The van der Waals surface area contributed by atoms with Gasteiger partial charge >= 0.3 is 0 Å². The number of benzene rings is 1. The zero-order valence-electron chi connectivity index (χ0n) is 10.6. The van der Waals surface area contributed by atoms with Crippen LogP contribution in [-0.2, 0) is 6.42 Å². The monoisotopic (exact) mass is 251 g/mol. The summed E-state index contributed by atoms with van der Waals surface area (Å²) in [5, 5.41) is 3.61. The van der Waals surface area contributed by atoms with Crippen LogP contribution in [0, 0.1) is 0 Å². The molecule has 2 heteroatoms. The molecule has 1 aliphatic carbocycles. The summed E-state index contributed by atoms with van der Waals surface area (Å²) in [6, 6.07) is 9.43. The molecule has 17 heavy (non-hydrogen) atoms. The van der Waals surface area contributed by atoms with Crippen LogP contribution in [0.5, 0.6) is 0 Å². The van der Waals surface area contributed by atoms with Crippen molar-refractivity contribution in [3.05, 3.63) is 35.4 Å². The highest BCUT2D eigenvalue weighted by Gasteiger charge is 2.19. The van der Waals surface area contributed by atoms with E-state index in [2.05, 4.69) is 36.5 Å². The number of nitrogens with one attached hydrogen (secondary N) is 1. The highest BCUT2D eigenvalue weighted by Crippen LogP contribution is 2.30. The van der Waals surface area contributed by atoms with Gasteiger partial charge in [0.2, 0.25) is 0 Å². The molecule has 2 unspecified atom stereocenters. The molecule has 0 saturated carbocycles. The Morgan fingerprint density at radius 1 is 1.41 bits per heavy atom. The van der Waals surface area contributed by atoms with Crippen LogP contribution in [0.25, 0.3) is 0 Å². The lowest BCUT2D eigenvalue weighted by atomic mass is 9.83. The average Bonchev–Trinajstić information content (AvgIpc) is 2.36. The Morgan fingerprint density at radius 2 is 2.24 bits per heavy atom. The largest absolute Gasteiger partial charge is 0.314 e. The van der Waals surface area contributed by atoms with Gasteiger partial charge in [-0.1, -0.05) is 24.3 Å². The van der Waals surface area contributed by atoms with E-state index in [1.807, 2.05) is 0 Å². The number of halogens is 1. The Hall–Kier alpha value is -0.530. The van der Waals surface area contributed by atoms with E-state index in [0.717, 1.165) is 18.8 Å². The molecule has 0 radical (unpaired) electrons. The molecule has 94 valence electrons. The second kappa shape index (κ2) is 6.42. The summed E-state index contributed by atoms with van der Waals surface area (Å²) < 4.78 is 0. The van der Waals surface area contributed by atoms with E-state index in [1.165, 1.54) is 19.3 Å². The molecule has 0 aliphatic heterocycles. The fourth-order valence-electron chi connectivity index (χ4n) is 2.68. The maximum absolute atomic E-state index is 5.76. The molecule has 1 aromatic rings. The van der Waals surface area contributed by atoms with Gasteiger partial charge in [-0.3, -0.25) is 0 Å². The summed E-state index contributed by atoms with van der Waals surface area (Å²) in [7, 11) is 0. The minimum atomic E-state index is 0.529. The molecular weight excluding hydrogens is 230 g/mol. The van der Waals surface area contributed by atoms with E-state index in [9.17, 15) is 0 Å². The lowest BCUT2D eigenvalue weighted by Crippen LogP contribution is -2.31. The minimum Gasteiger partial charge on any atom is -0.314 e. The number of alkyl halides is 1. The topological polar surface area (TPSA) is 12.0 Å². The molecule has 1 N–H and O–H groups in total. The first-order valence-corrected chi connectivity index (χ1v) is 7.22. The average molecular weight is 252 g/mol. The molecule has 0 spiro atoms. The number of fused-ring (bicyclic) bond motifs is 1. The molecule has 2 rings (SSSR count). The first kappa shape index (κ1) is 12.9. The smallest absolute Gasteiger partial charge is 0.0238 e. The fourth-order valence-corrected chi connectivity index (χ4v) is 3.00. The molecule has 2 atom stereocenters. The van der Waals surface area contributed by atoms with Crippen molar-refractivity contribution in [1.29, 1.82) is 0 Å². The first-order valence-electron chi connectivity index (χ1n) is 6.68. The zero-order chi connectivity index (χ0) is 12.1.